The van der Waals surface area contributed by atoms with Crippen LogP contribution < -0.4 is 5.32 Å². The van der Waals surface area contributed by atoms with Crippen LogP contribution in [0.3, 0.4) is 0 Å². The van der Waals surface area contributed by atoms with Gasteiger partial charge in [0, 0.05) is 29.9 Å². The van der Waals surface area contributed by atoms with Crippen LogP contribution >= 0.6 is 0 Å². The summed E-state index contributed by atoms with van der Waals surface area (Å²) in [6, 6.07) is 9.95. The lowest BCUT2D eigenvalue weighted by molar-refractivity contribution is 0.0952. The van der Waals surface area contributed by atoms with Crippen LogP contribution in [0, 0.1) is 5.82 Å². The molecule has 0 spiro atoms. The van der Waals surface area contributed by atoms with Crippen LogP contribution in [-0.4, -0.2) is 15.9 Å². The minimum absolute atomic E-state index is 0.151. The van der Waals surface area contributed by atoms with Crippen LogP contribution in [0.25, 0.3) is 11.0 Å². The number of fused-ring (bicyclic) bond motifs is 1. The molecule has 0 unspecified atom stereocenters. The third-order valence-corrected chi connectivity index (χ3v) is 3.09. The molecule has 0 atom stereocenters. The highest BCUT2D eigenvalue weighted by Crippen LogP contribution is 2.15. The number of hydrogen-bond donors (Lipinski definition) is 2. The number of pyridine rings is 1. The van der Waals surface area contributed by atoms with Crippen molar-refractivity contribution in [3.05, 3.63) is 65.7 Å². The zero-order valence-corrected chi connectivity index (χ0v) is 10.6. The molecular formula is C15H12FN3O. The van der Waals surface area contributed by atoms with E-state index in [0.29, 0.717) is 16.8 Å². The van der Waals surface area contributed by atoms with Crippen molar-refractivity contribution in [3.8, 4) is 0 Å². The van der Waals surface area contributed by atoms with Crippen molar-refractivity contribution in [2.24, 2.45) is 0 Å². The summed E-state index contributed by atoms with van der Waals surface area (Å²) in [6.07, 6.45) is 3.26. The Hall–Kier alpha value is -2.69. The molecule has 0 fully saturated rings. The average molecular weight is 269 g/mol. The second-order valence-corrected chi connectivity index (χ2v) is 4.38. The molecule has 2 N–H and O–H groups in total. The van der Waals surface area contributed by atoms with Crippen LogP contribution in [0.4, 0.5) is 4.39 Å². The SMILES string of the molecule is O=C(NCc1ccccc1F)c1c[nH]c2ncccc12. The van der Waals surface area contributed by atoms with Gasteiger partial charge < -0.3 is 10.3 Å². The number of aromatic nitrogens is 2. The minimum Gasteiger partial charge on any atom is -0.348 e. The van der Waals surface area contributed by atoms with E-state index < -0.39 is 0 Å². The fraction of sp³-hybridized carbons (Fsp3) is 0.0667. The first kappa shape index (κ1) is 12.3. The number of carbonyl (C=O) groups excluding carboxylic acids is 1. The molecular weight excluding hydrogens is 257 g/mol. The van der Waals surface area contributed by atoms with Crippen molar-refractivity contribution in [1.29, 1.82) is 0 Å². The molecule has 100 valence electrons. The van der Waals surface area contributed by atoms with Crippen molar-refractivity contribution >= 4 is 16.9 Å². The van der Waals surface area contributed by atoms with E-state index in [4.69, 9.17) is 0 Å². The van der Waals surface area contributed by atoms with Gasteiger partial charge in [-0.25, -0.2) is 9.37 Å². The monoisotopic (exact) mass is 269 g/mol. The standard InChI is InChI=1S/C15H12FN3O/c16-13-6-2-1-4-10(13)8-19-15(20)12-9-18-14-11(12)5-3-7-17-14/h1-7,9H,8H2,(H,17,18)(H,19,20). The number of amides is 1. The van der Waals surface area contributed by atoms with Crippen LogP contribution in [0.15, 0.2) is 48.8 Å². The highest BCUT2D eigenvalue weighted by atomic mass is 19.1. The molecule has 0 aliphatic rings. The van der Waals surface area contributed by atoms with Crippen LogP contribution in [0.2, 0.25) is 0 Å². The Morgan fingerprint density at radius 1 is 1.25 bits per heavy atom. The number of H-pyrrole nitrogens is 1. The summed E-state index contributed by atoms with van der Waals surface area (Å²) in [5, 5.41) is 3.46. The van der Waals surface area contributed by atoms with E-state index in [0.717, 1.165) is 5.39 Å². The lowest BCUT2D eigenvalue weighted by Gasteiger charge is -2.05. The first-order valence-electron chi connectivity index (χ1n) is 6.19. The maximum Gasteiger partial charge on any atom is 0.253 e. The van der Waals surface area contributed by atoms with Gasteiger partial charge in [0.05, 0.1) is 5.56 Å². The Labute approximate surface area is 114 Å². The minimum atomic E-state index is -0.326. The summed E-state index contributed by atoms with van der Waals surface area (Å²) < 4.78 is 13.5. The first-order chi connectivity index (χ1) is 9.75. The summed E-state index contributed by atoms with van der Waals surface area (Å²) in [7, 11) is 0. The van der Waals surface area contributed by atoms with E-state index in [1.54, 1.807) is 36.7 Å². The number of halogens is 1. The van der Waals surface area contributed by atoms with Gasteiger partial charge in [-0.3, -0.25) is 4.79 Å². The number of carbonyl (C=O) groups is 1. The number of benzene rings is 1. The van der Waals surface area contributed by atoms with Crippen molar-refractivity contribution in [3.63, 3.8) is 0 Å². The molecule has 3 rings (SSSR count). The third-order valence-electron chi connectivity index (χ3n) is 3.09. The Balaban J connectivity index is 1.79. The molecule has 0 radical (unpaired) electrons. The fourth-order valence-electron chi connectivity index (χ4n) is 2.06. The molecule has 0 saturated carbocycles. The van der Waals surface area contributed by atoms with Crippen LogP contribution in [0.1, 0.15) is 15.9 Å². The van der Waals surface area contributed by atoms with Gasteiger partial charge in [-0.15, -0.1) is 0 Å². The number of nitrogens with zero attached hydrogens (tertiary/aromatic N) is 1. The molecule has 0 bridgehead atoms. The van der Waals surface area contributed by atoms with E-state index in [9.17, 15) is 9.18 Å². The van der Waals surface area contributed by atoms with Gasteiger partial charge in [0.25, 0.3) is 5.91 Å². The van der Waals surface area contributed by atoms with Gasteiger partial charge in [-0.2, -0.15) is 0 Å². The average Bonchev–Trinajstić information content (AvgIpc) is 2.90. The van der Waals surface area contributed by atoms with E-state index in [1.807, 2.05) is 6.07 Å². The highest BCUT2D eigenvalue weighted by Gasteiger charge is 2.12. The molecule has 4 nitrogen and oxygen atoms in total. The van der Waals surface area contributed by atoms with E-state index in [1.165, 1.54) is 6.07 Å². The number of rotatable bonds is 3. The summed E-state index contributed by atoms with van der Waals surface area (Å²) in [4.78, 5) is 19.2. The molecule has 0 saturated heterocycles. The van der Waals surface area contributed by atoms with Crippen LogP contribution in [-0.2, 0) is 6.54 Å². The first-order valence-corrected chi connectivity index (χ1v) is 6.19. The van der Waals surface area contributed by atoms with Gasteiger partial charge in [0.1, 0.15) is 11.5 Å². The molecule has 20 heavy (non-hydrogen) atoms. The van der Waals surface area contributed by atoms with Crippen molar-refractivity contribution < 1.29 is 9.18 Å². The smallest absolute Gasteiger partial charge is 0.253 e. The zero-order valence-electron chi connectivity index (χ0n) is 10.6. The number of nitrogens with one attached hydrogen (secondary N) is 2. The Kier molecular flexibility index (Phi) is 3.16. The summed E-state index contributed by atoms with van der Waals surface area (Å²) >= 11 is 0. The van der Waals surface area contributed by atoms with Crippen molar-refractivity contribution in [2.75, 3.05) is 0 Å². The van der Waals surface area contributed by atoms with Crippen molar-refractivity contribution in [1.82, 2.24) is 15.3 Å². The summed E-state index contributed by atoms with van der Waals surface area (Å²) in [6.45, 7) is 0.151. The maximum atomic E-state index is 13.5. The van der Waals surface area contributed by atoms with Gasteiger partial charge in [0.2, 0.25) is 0 Å². The Bertz CT molecular complexity index is 766. The second-order valence-electron chi connectivity index (χ2n) is 4.38. The lowest BCUT2D eigenvalue weighted by Crippen LogP contribution is -2.23. The number of hydrogen-bond acceptors (Lipinski definition) is 2. The largest absolute Gasteiger partial charge is 0.348 e. The molecule has 2 heterocycles. The Morgan fingerprint density at radius 3 is 2.95 bits per heavy atom. The molecule has 0 aliphatic heterocycles. The van der Waals surface area contributed by atoms with Gasteiger partial charge in [-0.1, -0.05) is 18.2 Å². The molecule has 3 aromatic rings. The molecule has 5 heteroatoms. The second kappa shape index (κ2) is 5.13. The van der Waals surface area contributed by atoms with Gasteiger partial charge >= 0.3 is 0 Å². The summed E-state index contributed by atoms with van der Waals surface area (Å²) in [5.41, 5.74) is 1.62. The normalized spacial score (nSPS) is 10.7. The van der Waals surface area contributed by atoms with E-state index >= 15 is 0 Å². The fourth-order valence-corrected chi connectivity index (χ4v) is 2.06. The van der Waals surface area contributed by atoms with Crippen molar-refractivity contribution in [2.45, 2.75) is 6.54 Å². The molecule has 1 aromatic carbocycles. The maximum absolute atomic E-state index is 13.5. The summed E-state index contributed by atoms with van der Waals surface area (Å²) in [5.74, 6) is -0.583. The van der Waals surface area contributed by atoms with Gasteiger partial charge in [-0.05, 0) is 18.2 Å². The third kappa shape index (κ3) is 2.25. The van der Waals surface area contributed by atoms with E-state index in [2.05, 4.69) is 15.3 Å². The topological polar surface area (TPSA) is 57.8 Å². The quantitative estimate of drug-likeness (QED) is 0.768. The predicted molar refractivity (Wildman–Crippen MR) is 73.7 cm³/mol. The zero-order chi connectivity index (χ0) is 13.9. The molecule has 1 amide bonds. The lowest BCUT2D eigenvalue weighted by atomic mass is 10.2. The predicted octanol–water partition coefficient (Wildman–Crippen LogP) is 2.63. The molecule has 0 aliphatic carbocycles. The highest BCUT2D eigenvalue weighted by molar-refractivity contribution is 6.05. The Morgan fingerprint density at radius 2 is 2.10 bits per heavy atom. The van der Waals surface area contributed by atoms with Crippen LogP contribution in [0.5, 0.6) is 0 Å². The van der Waals surface area contributed by atoms with Gasteiger partial charge in [0.15, 0.2) is 0 Å². The van der Waals surface area contributed by atoms with E-state index in [-0.39, 0.29) is 18.3 Å². The number of aromatic amines is 1. The molecule has 2 aromatic heterocycles.